The van der Waals surface area contributed by atoms with Crippen molar-refractivity contribution < 1.29 is 17.2 Å². The molecule has 0 spiro atoms. The first-order chi connectivity index (χ1) is 9.20. The molecule has 0 saturated carbocycles. The van der Waals surface area contributed by atoms with Gasteiger partial charge in [-0.1, -0.05) is 26.0 Å². The fourth-order valence-electron chi connectivity index (χ4n) is 1.77. The van der Waals surface area contributed by atoms with Crippen LogP contribution in [0, 0.1) is 5.41 Å². The topological polar surface area (TPSA) is 72.2 Å². The standard InChI is InChI=1S/C13H20F2N2O2S/c1-13(2,7-8-16)9-17-10-5-3-4-6-11(10)20(18,19)12(14)15/h3-6,12,17H,7-9,16H2,1-2H3. The minimum atomic E-state index is -4.61. The van der Waals surface area contributed by atoms with E-state index >= 15 is 0 Å². The summed E-state index contributed by atoms with van der Waals surface area (Å²) in [7, 11) is -4.61. The van der Waals surface area contributed by atoms with Gasteiger partial charge in [0.2, 0.25) is 9.84 Å². The van der Waals surface area contributed by atoms with E-state index in [9.17, 15) is 17.2 Å². The molecule has 1 aromatic rings. The fraction of sp³-hybridized carbons (Fsp3) is 0.538. The van der Waals surface area contributed by atoms with Crippen LogP contribution in [0.2, 0.25) is 0 Å². The Kier molecular flexibility index (Phi) is 5.47. The molecule has 1 aromatic carbocycles. The van der Waals surface area contributed by atoms with Crippen LogP contribution in [-0.2, 0) is 9.84 Å². The second kappa shape index (κ2) is 6.49. The van der Waals surface area contributed by atoms with Crippen molar-refractivity contribution in [2.45, 2.75) is 30.9 Å². The maximum atomic E-state index is 12.6. The summed E-state index contributed by atoms with van der Waals surface area (Å²) >= 11 is 0. The van der Waals surface area contributed by atoms with E-state index in [1.165, 1.54) is 18.2 Å². The summed E-state index contributed by atoms with van der Waals surface area (Å²) in [6.45, 7) is 4.89. The Morgan fingerprint density at radius 2 is 1.90 bits per heavy atom. The van der Waals surface area contributed by atoms with Crippen molar-refractivity contribution in [1.82, 2.24) is 0 Å². The molecular formula is C13H20F2N2O2S. The zero-order chi connectivity index (χ0) is 15.4. The summed E-state index contributed by atoms with van der Waals surface area (Å²) in [4.78, 5) is -0.376. The number of halogens is 2. The second-order valence-electron chi connectivity index (χ2n) is 5.36. The molecule has 0 aliphatic carbocycles. The van der Waals surface area contributed by atoms with E-state index < -0.39 is 15.6 Å². The number of nitrogens with one attached hydrogen (secondary N) is 1. The van der Waals surface area contributed by atoms with Crippen molar-refractivity contribution in [2.75, 3.05) is 18.4 Å². The molecule has 20 heavy (non-hydrogen) atoms. The van der Waals surface area contributed by atoms with Gasteiger partial charge in [0, 0.05) is 6.54 Å². The molecule has 7 heteroatoms. The highest BCUT2D eigenvalue weighted by atomic mass is 32.2. The highest BCUT2D eigenvalue weighted by Gasteiger charge is 2.29. The van der Waals surface area contributed by atoms with Gasteiger partial charge in [0.1, 0.15) is 0 Å². The Hall–Kier alpha value is -1.21. The van der Waals surface area contributed by atoms with Crippen molar-refractivity contribution in [3.05, 3.63) is 24.3 Å². The van der Waals surface area contributed by atoms with Crippen molar-refractivity contribution in [2.24, 2.45) is 11.1 Å². The number of hydrogen-bond acceptors (Lipinski definition) is 4. The van der Waals surface area contributed by atoms with Gasteiger partial charge in [-0.15, -0.1) is 0 Å². The molecule has 0 aliphatic rings. The van der Waals surface area contributed by atoms with Crippen molar-refractivity contribution in [1.29, 1.82) is 0 Å². The molecule has 0 saturated heterocycles. The summed E-state index contributed by atoms with van der Waals surface area (Å²) in [5.41, 5.74) is 5.54. The molecular weight excluding hydrogens is 286 g/mol. The molecule has 3 N–H and O–H groups in total. The Morgan fingerprint density at radius 1 is 1.30 bits per heavy atom. The lowest BCUT2D eigenvalue weighted by Gasteiger charge is -2.25. The van der Waals surface area contributed by atoms with Crippen LogP contribution in [0.5, 0.6) is 0 Å². The van der Waals surface area contributed by atoms with Gasteiger partial charge in [0.25, 0.3) is 0 Å². The summed E-state index contributed by atoms with van der Waals surface area (Å²) < 4.78 is 48.5. The molecule has 4 nitrogen and oxygen atoms in total. The van der Waals surface area contributed by atoms with Gasteiger partial charge in [0.05, 0.1) is 10.6 Å². The summed E-state index contributed by atoms with van der Waals surface area (Å²) in [5.74, 6) is -3.43. The fourth-order valence-corrected chi connectivity index (χ4v) is 2.68. The highest BCUT2D eigenvalue weighted by molar-refractivity contribution is 7.91. The van der Waals surface area contributed by atoms with Crippen molar-refractivity contribution in [3.63, 3.8) is 0 Å². The van der Waals surface area contributed by atoms with Crippen LogP contribution in [0.1, 0.15) is 20.3 Å². The largest absolute Gasteiger partial charge is 0.383 e. The smallest absolute Gasteiger partial charge is 0.341 e. The number of anilines is 1. The monoisotopic (exact) mass is 306 g/mol. The van der Waals surface area contributed by atoms with E-state index in [-0.39, 0.29) is 16.0 Å². The number of alkyl halides is 2. The minimum absolute atomic E-state index is 0.156. The molecule has 0 aliphatic heterocycles. The normalized spacial score (nSPS) is 12.7. The highest BCUT2D eigenvalue weighted by Crippen LogP contribution is 2.28. The second-order valence-corrected chi connectivity index (χ2v) is 7.24. The van der Waals surface area contributed by atoms with Crippen LogP contribution in [-0.4, -0.2) is 27.3 Å². The first-order valence-corrected chi connectivity index (χ1v) is 7.80. The van der Waals surface area contributed by atoms with E-state index in [0.717, 1.165) is 6.42 Å². The lowest BCUT2D eigenvalue weighted by Crippen LogP contribution is -2.26. The Labute approximate surface area is 118 Å². The third-order valence-electron chi connectivity index (χ3n) is 3.01. The van der Waals surface area contributed by atoms with Crippen LogP contribution in [0.15, 0.2) is 29.2 Å². The van der Waals surface area contributed by atoms with Crippen LogP contribution < -0.4 is 11.1 Å². The van der Waals surface area contributed by atoms with E-state index in [4.69, 9.17) is 5.73 Å². The molecule has 0 radical (unpaired) electrons. The van der Waals surface area contributed by atoms with E-state index in [1.54, 1.807) is 6.07 Å². The molecule has 0 atom stereocenters. The predicted octanol–water partition coefficient (Wildman–Crippen LogP) is 2.47. The van der Waals surface area contributed by atoms with Gasteiger partial charge in [-0.05, 0) is 30.5 Å². The summed E-state index contributed by atoms with van der Waals surface area (Å²) in [6, 6.07) is 5.68. The van der Waals surface area contributed by atoms with E-state index in [1.807, 2.05) is 13.8 Å². The average Bonchev–Trinajstić information content (AvgIpc) is 2.36. The maximum Gasteiger partial charge on any atom is 0.341 e. The van der Waals surface area contributed by atoms with Gasteiger partial charge in [-0.2, -0.15) is 8.78 Å². The Bertz CT molecular complexity index is 545. The molecule has 1 rings (SSSR count). The maximum absolute atomic E-state index is 12.6. The minimum Gasteiger partial charge on any atom is -0.383 e. The zero-order valence-electron chi connectivity index (χ0n) is 11.6. The number of hydrogen-bond donors (Lipinski definition) is 2. The van der Waals surface area contributed by atoms with Crippen LogP contribution >= 0.6 is 0 Å². The molecule has 0 amide bonds. The molecule has 0 heterocycles. The molecule has 114 valence electrons. The lowest BCUT2D eigenvalue weighted by atomic mass is 9.89. The number of nitrogens with two attached hydrogens (primary N) is 1. The average molecular weight is 306 g/mol. The van der Waals surface area contributed by atoms with Gasteiger partial charge >= 0.3 is 5.76 Å². The predicted molar refractivity (Wildman–Crippen MR) is 75.6 cm³/mol. The Morgan fingerprint density at radius 3 is 2.45 bits per heavy atom. The van der Waals surface area contributed by atoms with Gasteiger partial charge in [0.15, 0.2) is 0 Å². The van der Waals surface area contributed by atoms with Crippen LogP contribution in [0.3, 0.4) is 0 Å². The van der Waals surface area contributed by atoms with Gasteiger partial charge in [-0.25, -0.2) is 8.42 Å². The third kappa shape index (κ3) is 4.14. The first-order valence-electron chi connectivity index (χ1n) is 6.26. The molecule has 0 bridgehead atoms. The van der Waals surface area contributed by atoms with E-state index in [0.29, 0.717) is 13.1 Å². The molecule has 0 aromatic heterocycles. The van der Waals surface area contributed by atoms with Crippen molar-refractivity contribution in [3.8, 4) is 0 Å². The third-order valence-corrected chi connectivity index (χ3v) is 4.44. The summed E-state index contributed by atoms with van der Waals surface area (Å²) in [6.07, 6.45) is 0.740. The SMILES string of the molecule is CC(C)(CCN)CNc1ccccc1S(=O)(=O)C(F)F. The molecule has 0 fully saturated rings. The summed E-state index contributed by atoms with van der Waals surface area (Å²) in [5, 5.41) is 2.93. The first kappa shape index (κ1) is 16.8. The lowest BCUT2D eigenvalue weighted by molar-refractivity contribution is 0.235. The number of sulfone groups is 1. The number of rotatable bonds is 7. The van der Waals surface area contributed by atoms with Gasteiger partial charge < -0.3 is 11.1 Å². The van der Waals surface area contributed by atoms with Crippen LogP contribution in [0.25, 0.3) is 0 Å². The zero-order valence-corrected chi connectivity index (χ0v) is 12.4. The van der Waals surface area contributed by atoms with E-state index in [2.05, 4.69) is 5.32 Å². The van der Waals surface area contributed by atoms with Gasteiger partial charge in [-0.3, -0.25) is 0 Å². The quantitative estimate of drug-likeness (QED) is 0.811. The number of para-hydroxylation sites is 1. The van der Waals surface area contributed by atoms with Crippen molar-refractivity contribution >= 4 is 15.5 Å². The number of benzene rings is 1. The van der Waals surface area contributed by atoms with Crippen LogP contribution in [0.4, 0.5) is 14.5 Å². The Balaban J connectivity index is 2.98. The molecule has 0 unspecified atom stereocenters.